The van der Waals surface area contributed by atoms with Gasteiger partial charge in [-0.25, -0.2) is 0 Å². The van der Waals surface area contributed by atoms with Gasteiger partial charge in [-0.2, -0.15) is 0 Å². The maximum atomic E-state index is 13.3. The molecule has 0 saturated heterocycles. The van der Waals surface area contributed by atoms with Crippen LogP contribution in [0.2, 0.25) is 0 Å². The first kappa shape index (κ1) is 22.2. The largest absolute Gasteiger partial charge is 0.352 e. The molecule has 0 radical (unpaired) electrons. The Hall–Kier alpha value is -2.02. The van der Waals surface area contributed by atoms with Crippen LogP contribution in [0.3, 0.4) is 0 Å². The van der Waals surface area contributed by atoms with E-state index in [-0.39, 0.29) is 36.3 Å². The molecule has 1 unspecified atom stereocenters. The molecule has 1 heterocycles. The number of thioether (sulfide) groups is 1. The van der Waals surface area contributed by atoms with E-state index < -0.39 is 5.25 Å². The van der Waals surface area contributed by atoms with Crippen LogP contribution >= 0.6 is 11.8 Å². The zero-order chi connectivity index (χ0) is 21.8. The van der Waals surface area contributed by atoms with Crippen LogP contribution < -0.4 is 15.5 Å². The van der Waals surface area contributed by atoms with Crippen molar-refractivity contribution in [2.24, 2.45) is 0 Å². The number of hydrogen-bond donors (Lipinski definition) is 2. The molecular weight excluding hydrogens is 410 g/mol. The second kappa shape index (κ2) is 10.1. The Labute approximate surface area is 188 Å². The lowest BCUT2D eigenvalue weighted by atomic mass is 9.95. The van der Waals surface area contributed by atoms with Crippen LogP contribution in [0.15, 0.2) is 23.1 Å². The second-order valence-corrected chi connectivity index (χ2v) is 10.3. The number of carbonyl (C=O) groups is 3. The highest BCUT2D eigenvalue weighted by Gasteiger charge is 2.39. The van der Waals surface area contributed by atoms with Crippen molar-refractivity contribution in [3.8, 4) is 0 Å². The predicted molar refractivity (Wildman–Crippen MR) is 123 cm³/mol. The summed E-state index contributed by atoms with van der Waals surface area (Å²) in [4.78, 5) is 41.6. The molecule has 2 saturated carbocycles. The summed E-state index contributed by atoms with van der Waals surface area (Å²) in [6.07, 6.45) is 10.9. The van der Waals surface area contributed by atoms with Gasteiger partial charge in [0.25, 0.3) is 5.91 Å². The van der Waals surface area contributed by atoms with Crippen LogP contribution in [-0.4, -0.2) is 41.6 Å². The van der Waals surface area contributed by atoms with Crippen molar-refractivity contribution in [2.45, 2.75) is 93.4 Å². The van der Waals surface area contributed by atoms with E-state index >= 15 is 0 Å². The van der Waals surface area contributed by atoms with Crippen LogP contribution in [0, 0.1) is 6.92 Å². The monoisotopic (exact) mass is 443 g/mol. The Morgan fingerprint density at radius 1 is 0.968 bits per heavy atom. The molecule has 1 aromatic rings. The number of benzene rings is 1. The van der Waals surface area contributed by atoms with Crippen molar-refractivity contribution in [3.63, 3.8) is 0 Å². The van der Waals surface area contributed by atoms with E-state index in [1.165, 1.54) is 29.5 Å². The van der Waals surface area contributed by atoms with Crippen molar-refractivity contribution < 1.29 is 14.4 Å². The molecule has 7 heteroatoms. The smallest absolute Gasteiger partial charge is 0.250 e. The van der Waals surface area contributed by atoms with Gasteiger partial charge in [0.05, 0.1) is 5.69 Å². The van der Waals surface area contributed by atoms with E-state index in [1.54, 1.807) is 0 Å². The highest BCUT2D eigenvalue weighted by Crippen LogP contribution is 2.40. The van der Waals surface area contributed by atoms with Gasteiger partial charge in [-0.05, 0) is 50.3 Å². The van der Waals surface area contributed by atoms with Crippen molar-refractivity contribution in [1.82, 2.24) is 10.6 Å². The molecule has 1 atom stereocenters. The zero-order valence-corrected chi connectivity index (χ0v) is 19.1. The minimum Gasteiger partial charge on any atom is -0.352 e. The lowest BCUT2D eigenvalue weighted by Crippen LogP contribution is -2.53. The number of aryl methyl sites for hydroxylation is 1. The molecule has 0 spiro atoms. The summed E-state index contributed by atoms with van der Waals surface area (Å²) in [6.45, 7) is 1.95. The molecule has 1 aromatic carbocycles. The molecule has 2 aliphatic carbocycles. The van der Waals surface area contributed by atoms with E-state index in [9.17, 15) is 14.4 Å². The average Bonchev–Trinajstić information content (AvgIpc) is 2.76. The van der Waals surface area contributed by atoms with Gasteiger partial charge in [-0.3, -0.25) is 14.4 Å². The van der Waals surface area contributed by atoms with Gasteiger partial charge < -0.3 is 15.5 Å². The van der Waals surface area contributed by atoms with E-state index in [2.05, 4.69) is 10.6 Å². The second-order valence-electron chi connectivity index (χ2n) is 9.14. The Morgan fingerprint density at radius 3 is 2.23 bits per heavy atom. The lowest BCUT2D eigenvalue weighted by Gasteiger charge is -2.34. The third-order valence-corrected chi connectivity index (χ3v) is 7.84. The summed E-state index contributed by atoms with van der Waals surface area (Å²) < 4.78 is 0. The first-order chi connectivity index (χ1) is 15.0. The molecule has 168 valence electrons. The van der Waals surface area contributed by atoms with Crippen molar-refractivity contribution in [3.05, 3.63) is 23.8 Å². The predicted octanol–water partition coefficient (Wildman–Crippen LogP) is 3.70. The summed E-state index contributed by atoms with van der Waals surface area (Å²) in [7, 11) is 0. The van der Waals surface area contributed by atoms with Gasteiger partial charge >= 0.3 is 0 Å². The van der Waals surface area contributed by atoms with Gasteiger partial charge in [0.1, 0.15) is 6.54 Å². The molecular formula is C24H33N3O3S. The number of fused-ring (bicyclic) bond motifs is 1. The standard InChI is InChI=1S/C24H33N3O3S/c1-16-12-13-19-20(14-16)31-22(23(29)26-18-10-6-3-7-11-18)24(30)27(19)15-21(28)25-17-8-4-2-5-9-17/h12-14,17-18,22H,2-11,15H2,1H3,(H,25,28)(H,26,29). The SMILES string of the molecule is Cc1ccc2c(c1)SC(C(=O)NC1CCCCC1)C(=O)N2CC(=O)NC1CCCCC1. The third-order valence-electron chi connectivity index (χ3n) is 6.60. The molecule has 2 N–H and O–H groups in total. The van der Waals surface area contributed by atoms with Crippen LogP contribution in [0.4, 0.5) is 5.69 Å². The minimum atomic E-state index is -0.848. The quantitative estimate of drug-likeness (QED) is 0.680. The summed E-state index contributed by atoms with van der Waals surface area (Å²) in [5, 5.41) is 5.35. The number of anilines is 1. The fourth-order valence-corrected chi connectivity index (χ4v) is 6.10. The highest BCUT2D eigenvalue weighted by atomic mass is 32.2. The number of amides is 3. The van der Waals surface area contributed by atoms with E-state index in [1.807, 2.05) is 25.1 Å². The number of nitrogens with zero attached hydrogens (tertiary/aromatic N) is 1. The molecule has 2 fully saturated rings. The van der Waals surface area contributed by atoms with Crippen LogP contribution in [0.1, 0.15) is 69.8 Å². The maximum Gasteiger partial charge on any atom is 0.250 e. The fraction of sp³-hybridized carbons (Fsp3) is 0.625. The molecule has 4 rings (SSSR count). The molecule has 6 nitrogen and oxygen atoms in total. The Balaban J connectivity index is 1.49. The van der Waals surface area contributed by atoms with Crippen LogP contribution in [-0.2, 0) is 14.4 Å². The van der Waals surface area contributed by atoms with Gasteiger partial charge in [-0.1, -0.05) is 44.6 Å². The van der Waals surface area contributed by atoms with Gasteiger partial charge in [-0.15, -0.1) is 11.8 Å². The molecule has 0 bridgehead atoms. The third kappa shape index (κ3) is 5.43. The Kier molecular flexibility index (Phi) is 7.20. The Morgan fingerprint density at radius 2 is 1.58 bits per heavy atom. The van der Waals surface area contributed by atoms with Gasteiger partial charge in [0.2, 0.25) is 11.8 Å². The number of rotatable bonds is 5. The van der Waals surface area contributed by atoms with Gasteiger partial charge in [0.15, 0.2) is 5.25 Å². The van der Waals surface area contributed by atoms with Crippen molar-refractivity contribution in [2.75, 3.05) is 11.4 Å². The van der Waals surface area contributed by atoms with Gasteiger partial charge in [0, 0.05) is 17.0 Å². The number of nitrogens with one attached hydrogen (secondary N) is 2. The summed E-state index contributed by atoms with van der Waals surface area (Å²) >= 11 is 1.31. The average molecular weight is 444 g/mol. The zero-order valence-electron chi connectivity index (χ0n) is 18.3. The van der Waals surface area contributed by atoms with Crippen LogP contribution in [0.25, 0.3) is 0 Å². The van der Waals surface area contributed by atoms with E-state index in [4.69, 9.17) is 0 Å². The summed E-state index contributed by atoms with van der Waals surface area (Å²) in [5.41, 5.74) is 1.79. The summed E-state index contributed by atoms with van der Waals surface area (Å²) in [6, 6.07) is 6.18. The van der Waals surface area contributed by atoms with Crippen LogP contribution in [0.5, 0.6) is 0 Å². The first-order valence-electron chi connectivity index (χ1n) is 11.7. The Bertz CT molecular complexity index is 831. The molecule has 31 heavy (non-hydrogen) atoms. The van der Waals surface area contributed by atoms with Crippen molar-refractivity contribution >= 4 is 35.2 Å². The molecule has 0 aromatic heterocycles. The topological polar surface area (TPSA) is 78.5 Å². The summed E-state index contributed by atoms with van der Waals surface area (Å²) in [5.74, 6) is -0.676. The van der Waals surface area contributed by atoms with Crippen molar-refractivity contribution in [1.29, 1.82) is 0 Å². The highest BCUT2D eigenvalue weighted by molar-refractivity contribution is 8.01. The number of hydrogen-bond acceptors (Lipinski definition) is 4. The van der Waals surface area contributed by atoms with E-state index in [0.29, 0.717) is 0 Å². The van der Waals surface area contributed by atoms with E-state index in [0.717, 1.165) is 67.5 Å². The lowest BCUT2D eigenvalue weighted by molar-refractivity contribution is -0.129. The molecule has 3 aliphatic rings. The number of carbonyl (C=O) groups excluding carboxylic acids is 3. The first-order valence-corrected chi connectivity index (χ1v) is 12.6. The maximum absolute atomic E-state index is 13.3. The minimum absolute atomic E-state index is 0.0425. The molecule has 1 aliphatic heterocycles. The molecule has 3 amide bonds. The normalized spacial score (nSPS) is 22.7. The fourth-order valence-electron chi connectivity index (χ4n) is 4.89.